The van der Waals surface area contributed by atoms with Crippen LogP contribution >= 0.6 is 0 Å². The molecule has 5 nitrogen and oxygen atoms in total. The van der Waals surface area contributed by atoms with Gasteiger partial charge in [0, 0.05) is 38.6 Å². The summed E-state index contributed by atoms with van der Waals surface area (Å²) >= 11 is 0. The van der Waals surface area contributed by atoms with Crippen LogP contribution < -0.4 is 10.2 Å². The molecule has 0 aliphatic heterocycles. The minimum Gasteiger partial charge on any atom is -0.432 e. The van der Waals surface area contributed by atoms with E-state index >= 15 is 0 Å². The van der Waals surface area contributed by atoms with Gasteiger partial charge in [0.2, 0.25) is 0 Å². The van der Waals surface area contributed by atoms with E-state index in [0.717, 1.165) is 24.3 Å². The number of pyridine rings is 1. The average Bonchev–Trinajstić information content (AvgIpc) is 3.14. The maximum atomic E-state index is 5.51. The molecule has 0 unspecified atom stereocenters. The van der Waals surface area contributed by atoms with Crippen molar-refractivity contribution in [2.24, 2.45) is 0 Å². The molecule has 0 atom stereocenters. The Morgan fingerprint density at radius 2 is 2.37 bits per heavy atom. The molecule has 2 heterocycles. The predicted molar refractivity (Wildman–Crippen MR) is 72.7 cm³/mol. The summed E-state index contributed by atoms with van der Waals surface area (Å²) < 4.78 is 5.51. The molecule has 100 valence electrons. The maximum Gasteiger partial charge on any atom is 0.297 e. The van der Waals surface area contributed by atoms with E-state index < -0.39 is 0 Å². The topological polar surface area (TPSA) is 54.2 Å². The summed E-state index contributed by atoms with van der Waals surface area (Å²) in [5, 5.41) is 3.42. The fourth-order valence-corrected chi connectivity index (χ4v) is 1.92. The van der Waals surface area contributed by atoms with Crippen LogP contribution in [0.1, 0.15) is 24.1 Å². The average molecular weight is 258 g/mol. The van der Waals surface area contributed by atoms with Gasteiger partial charge in [0.25, 0.3) is 6.01 Å². The van der Waals surface area contributed by atoms with E-state index in [1.54, 1.807) is 12.5 Å². The standard InChI is InChI=1S/C14H18N4O/c1-18(9-11-3-2-6-15-7-11)14-17-13(10-19-14)8-16-12-4-5-12/h2-3,6-7,10,12,16H,4-5,8-9H2,1H3. The van der Waals surface area contributed by atoms with Gasteiger partial charge in [-0.1, -0.05) is 6.07 Å². The van der Waals surface area contributed by atoms with Gasteiger partial charge in [0.15, 0.2) is 0 Å². The molecule has 0 amide bonds. The lowest BCUT2D eigenvalue weighted by Crippen LogP contribution is -2.18. The van der Waals surface area contributed by atoms with Gasteiger partial charge in [-0.15, -0.1) is 0 Å². The van der Waals surface area contributed by atoms with Crippen LogP contribution in [0.3, 0.4) is 0 Å². The Morgan fingerprint density at radius 1 is 1.47 bits per heavy atom. The molecular formula is C14H18N4O. The molecule has 0 bridgehead atoms. The van der Waals surface area contributed by atoms with Crippen molar-refractivity contribution in [3.05, 3.63) is 42.0 Å². The van der Waals surface area contributed by atoms with E-state index in [2.05, 4.69) is 15.3 Å². The number of nitrogens with one attached hydrogen (secondary N) is 1. The Labute approximate surface area is 112 Å². The fraction of sp³-hybridized carbons (Fsp3) is 0.429. The highest BCUT2D eigenvalue weighted by atomic mass is 16.4. The van der Waals surface area contributed by atoms with Gasteiger partial charge in [-0.2, -0.15) is 4.98 Å². The summed E-state index contributed by atoms with van der Waals surface area (Å²) in [6.45, 7) is 1.53. The van der Waals surface area contributed by atoms with Gasteiger partial charge >= 0.3 is 0 Å². The smallest absolute Gasteiger partial charge is 0.297 e. The van der Waals surface area contributed by atoms with Gasteiger partial charge in [0.1, 0.15) is 6.26 Å². The third-order valence-electron chi connectivity index (χ3n) is 3.16. The summed E-state index contributed by atoms with van der Waals surface area (Å²) in [6, 6.07) is 5.32. The van der Waals surface area contributed by atoms with Gasteiger partial charge in [-0.25, -0.2) is 0 Å². The zero-order valence-corrected chi connectivity index (χ0v) is 11.0. The van der Waals surface area contributed by atoms with E-state index in [0.29, 0.717) is 12.1 Å². The Balaban J connectivity index is 1.58. The van der Waals surface area contributed by atoms with Crippen molar-refractivity contribution in [3.8, 4) is 0 Å². The summed E-state index contributed by atoms with van der Waals surface area (Å²) in [7, 11) is 1.97. The summed E-state index contributed by atoms with van der Waals surface area (Å²) in [4.78, 5) is 10.6. The second-order valence-corrected chi connectivity index (χ2v) is 4.99. The van der Waals surface area contributed by atoms with Crippen molar-refractivity contribution < 1.29 is 4.42 Å². The molecule has 1 fully saturated rings. The Kier molecular flexibility index (Phi) is 3.46. The third-order valence-corrected chi connectivity index (χ3v) is 3.16. The largest absolute Gasteiger partial charge is 0.432 e. The van der Waals surface area contributed by atoms with Crippen LogP contribution in [-0.2, 0) is 13.1 Å². The highest BCUT2D eigenvalue weighted by Crippen LogP contribution is 2.20. The van der Waals surface area contributed by atoms with Crippen molar-refractivity contribution >= 4 is 6.01 Å². The van der Waals surface area contributed by atoms with E-state index in [4.69, 9.17) is 4.42 Å². The van der Waals surface area contributed by atoms with Gasteiger partial charge in [-0.05, 0) is 24.5 Å². The SMILES string of the molecule is CN(Cc1cccnc1)c1nc(CNC2CC2)co1. The highest BCUT2D eigenvalue weighted by molar-refractivity contribution is 5.28. The van der Waals surface area contributed by atoms with Crippen molar-refractivity contribution in [1.29, 1.82) is 0 Å². The van der Waals surface area contributed by atoms with Crippen LogP contribution in [0.25, 0.3) is 0 Å². The van der Waals surface area contributed by atoms with Crippen molar-refractivity contribution in [2.75, 3.05) is 11.9 Å². The van der Waals surface area contributed by atoms with E-state index in [1.165, 1.54) is 12.8 Å². The van der Waals surface area contributed by atoms with Crippen molar-refractivity contribution in [2.45, 2.75) is 32.0 Å². The Hall–Kier alpha value is -1.88. The van der Waals surface area contributed by atoms with Crippen LogP contribution in [0.15, 0.2) is 35.2 Å². The minimum atomic E-state index is 0.649. The molecule has 1 aliphatic rings. The molecule has 1 N–H and O–H groups in total. The highest BCUT2D eigenvalue weighted by Gasteiger charge is 2.20. The Bertz CT molecular complexity index is 521. The predicted octanol–water partition coefficient (Wildman–Crippen LogP) is 1.96. The normalized spacial score (nSPS) is 14.6. The maximum absolute atomic E-state index is 5.51. The quantitative estimate of drug-likeness (QED) is 0.858. The first-order valence-electron chi connectivity index (χ1n) is 6.59. The number of hydrogen-bond donors (Lipinski definition) is 1. The van der Waals surface area contributed by atoms with E-state index in [9.17, 15) is 0 Å². The molecule has 0 saturated heterocycles. The number of oxazole rings is 1. The van der Waals surface area contributed by atoms with Crippen LogP contribution in [0.2, 0.25) is 0 Å². The lowest BCUT2D eigenvalue weighted by molar-refractivity contribution is 0.542. The van der Waals surface area contributed by atoms with E-state index in [-0.39, 0.29) is 0 Å². The summed E-state index contributed by atoms with van der Waals surface area (Å²) in [6.07, 6.45) is 7.92. The van der Waals surface area contributed by atoms with Crippen LogP contribution in [0.5, 0.6) is 0 Å². The molecule has 1 aliphatic carbocycles. The fourth-order valence-electron chi connectivity index (χ4n) is 1.92. The molecule has 2 aromatic rings. The first-order chi connectivity index (χ1) is 9.31. The lowest BCUT2D eigenvalue weighted by atomic mass is 10.3. The van der Waals surface area contributed by atoms with Gasteiger partial charge in [0.05, 0.1) is 5.69 Å². The van der Waals surface area contributed by atoms with E-state index in [1.807, 2.05) is 30.3 Å². The summed E-state index contributed by atoms with van der Waals surface area (Å²) in [5.74, 6) is 0. The molecule has 1 saturated carbocycles. The molecule has 5 heteroatoms. The zero-order valence-electron chi connectivity index (χ0n) is 11.0. The first kappa shape index (κ1) is 12.2. The van der Waals surface area contributed by atoms with Crippen molar-refractivity contribution in [1.82, 2.24) is 15.3 Å². The molecule has 0 radical (unpaired) electrons. The minimum absolute atomic E-state index is 0.649. The number of rotatable bonds is 6. The number of hydrogen-bond acceptors (Lipinski definition) is 5. The number of anilines is 1. The van der Waals surface area contributed by atoms with Crippen LogP contribution in [0, 0.1) is 0 Å². The molecule has 0 aromatic carbocycles. The van der Waals surface area contributed by atoms with Crippen molar-refractivity contribution in [3.63, 3.8) is 0 Å². The second-order valence-electron chi connectivity index (χ2n) is 4.99. The number of nitrogens with zero attached hydrogens (tertiary/aromatic N) is 3. The van der Waals surface area contributed by atoms with Gasteiger partial charge in [-0.3, -0.25) is 4.98 Å². The molecule has 2 aromatic heterocycles. The summed E-state index contributed by atoms with van der Waals surface area (Å²) in [5.41, 5.74) is 2.10. The second kappa shape index (κ2) is 5.40. The number of aromatic nitrogens is 2. The molecular weight excluding hydrogens is 240 g/mol. The van der Waals surface area contributed by atoms with Crippen LogP contribution in [-0.4, -0.2) is 23.1 Å². The Morgan fingerprint density at radius 3 is 3.11 bits per heavy atom. The first-order valence-corrected chi connectivity index (χ1v) is 6.59. The molecule has 19 heavy (non-hydrogen) atoms. The molecule has 3 rings (SSSR count). The monoisotopic (exact) mass is 258 g/mol. The van der Waals surface area contributed by atoms with Crippen LogP contribution in [0.4, 0.5) is 6.01 Å². The van der Waals surface area contributed by atoms with Gasteiger partial charge < -0.3 is 14.6 Å². The third kappa shape index (κ3) is 3.32. The zero-order chi connectivity index (χ0) is 13.1. The lowest BCUT2D eigenvalue weighted by Gasteiger charge is -2.13. The molecule has 0 spiro atoms.